The molecule has 1 aliphatic rings. The van der Waals surface area contributed by atoms with Crippen LogP contribution in [0.3, 0.4) is 0 Å². The summed E-state index contributed by atoms with van der Waals surface area (Å²) < 4.78 is 4.81. The van der Waals surface area contributed by atoms with E-state index < -0.39 is 6.04 Å². The van der Waals surface area contributed by atoms with Crippen LogP contribution in [0.4, 0.5) is 0 Å². The Kier molecular flexibility index (Phi) is 3.60. The van der Waals surface area contributed by atoms with Gasteiger partial charge in [0.2, 0.25) is 0 Å². The highest BCUT2D eigenvalue weighted by atomic mass is 16.5. The average molecular weight is 287 g/mol. The molecule has 1 atom stereocenters. The van der Waals surface area contributed by atoms with Crippen LogP contribution in [0.1, 0.15) is 29.6 Å². The second-order valence-corrected chi connectivity index (χ2v) is 5.21. The Labute approximate surface area is 122 Å². The number of hydrogen-bond donors (Lipinski definition) is 1. The maximum absolute atomic E-state index is 12.7. The Morgan fingerprint density at radius 3 is 3.05 bits per heavy atom. The van der Waals surface area contributed by atoms with E-state index in [-0.39, 0.29) is 11.9 Å². The number of hydrogen-bond acceptors (Lipinski definition) is 4. The number of piperidine rings is 1. The minimum Gasteiger partial charge on any atom is -0.467 e. The summed E-state index contributed by atoms with van der Waals surface area (Å²) in [5.41, 5.74) is 1.37. The highest BCUT2D eigenvalue weighted by Gasteiger charge is 2.33. The first-order chi connectivity index (χ1) is 10.2. The molecule has 1 aliphatic heterocycles. The van der Waals surface area contributed by atoms with E-state index in [9.17, 15) is 9.59 Å². The topological polar surface area (TPSA) is 75.3 Å². The number of aromatic nitrogens is 2. The summed E-state index contributed by atoms with van der Waals surface area (Å²) in [5.74, 6) is -0.479. The van der Waals surface area contributed by atoms with Crippen LogP contribution in [-0.2, 0) is 9.53 Å². The van der Waals surface area contributed by atoms with Crippen molar-refractivity contribution < 1.29 is 14.3 Å². The number of benzene rings is 1. The Bertz CT molecular complexity index is 680. The van der Waals surface area contributed by atoms with Crippen LogP contribution < -0.4 is 0 Å². The molecular weight excluding hydrogens is 270 g/mol. The van der Waals surface area contributed by atoms with Crippen molar-refractivity contribution in [2.75, 3.05) is 13.7 Å². The van der Waals surface area contributed by atoms with E-state index >= 15 is 0 Å². The highest BCUT2D eigenvalue weighted by molar-refractivity contribution is 5.99. The fourth-order valence-corrected chi connectivity index (χ4v) is 2.79. The summed E-state index contributed by atoms with van der Waals surface area (Å²) >= 11 is 0. The van der Waals surface area contributed by atoms with Crippen LogP contribution in [0.2, 0.25) is 0 Å². The number of nitrogens with one attached hydrogen (secondary N) is 1. The molecule has 1 saturated heterocycles. The van der Waals surface area contributed by atoms with Crippen molar-refractivity contribution in [1.82, 2.24) is 15.1 Å². The highest BCUT2D eigenvalue weighted by Crippen LogP contribution is 2.22. The molecule has 110 valence electrons. The predicted molar refractivity (Wildman–Crippen MR) is 76.8 cm³/mol. The fourth-order valence-electron chi connectivity index (χ4n) is 2.79. The zero-order valence-electron chi connectivity index (χ0n) is 11.8. The molecule has 2 aromatic rings. The van der Waals surface area contributed by atoms with Gasteiger partial charge in [0.25, 0.3) is 5.91 Å². The molecule has 1 amide bonds. The maximum Gasteiger partial charge on any atom is 0.328 e. The third kappa shape index (κ3) is 2.49. The number of methoxy groups -OCH3 is 1. The van der Waals surface area contributed by atoms with Crippen LogP contribution in [0.15, 0.2) is 24.4 Å². The molecule has 0 saturated carbocycles. The van der Waals surface area contributed by atoms with E-state index in [2.05, 4.69) is 10.2 Å². The van der Waals surface area contributed by atoms with Crippen LogP contribution in [-0.4, -0.2) is 46.7 Å². The van der Waals surface area contributed by atoms with Crippen molar-refractivity contribution >= 4 is 22.8 Å². The summed E-state index contributed by atoms with van der Waals surface area (Å²) in [6.07, 6.45) is 4.21. The quantitative estimate of drug-likeness (QED) is 0.854. The van der Waals surface area contributed by atoms with Gasteiger partial charge in [-0.25, -0.2) is 4.79 Å². The summed E-state index contributed by atoms with van der Waals surface area (Å²) in [7, 11) is 1.36. The number of aromatic amines is 1. The van der Waals surface area contributed by atoms with Crippen molar-refractivity contribution in [1.29, 1.82) is 0 Å². The van der Waals surface area contributed by atoms with Gasteiger partial charge in [-0.1, -0.05) is 6.07 Å². The summed E-state index contributed by atoms with van der Waals surface area (Å²) in [4.78, 5) is 26.1. The van der Waals surface area contributed by atoms with Crippen molar-refractivity contribution in [2.45, 2.75) is 25.3 Å². The van der Waals surface area contributed by atoms with Crippen molar-refractivity contribution in [3.05, 3.63) is 30.0 Å². The molecule has 0 aliphatic carbocycles. The molecule has 3 rings (SSSR count). The van der Waals surface area contributed by atoms with E-state index in [1.807, 2.05) is 6.07 Å². The van der Waals surface area contributed by atoms with E-state index in [4.69, 9.17) is 4.74 Å². The standard InChI is InChI=1S/C15H17N3O3/c1-21-15(20)13-4-2-3-7-18(13)14(19)10-5-6-11-9-16-17-12(11)8-10/h5-6,8-9,13H,2-4,7H2,1H3,(H,16,17)/t13-/m1/s1. The average Bonchev–Trinajstić information content (AvgIpc) is 3.01. The van der Waals surface area contributed by atoms with Gasteiger partial charge in [-0.05, 0) is 31.4 Å². The van der Waals surface area contributed by atoms with Gasteiger partial charge in [-0.3, -0.25) is 9.89 Å². The Morgan fingerprint density at radius 2 is 2.24 bits per heavy atom. The number of carbonyl (C=O) groups excluding carboxylic acids is 2. The van der Waals surface area contributed by atoms with Crippen molar-refractivity contribution in [3.63, 3.8) is 0 Å². The molecule has 2 heterocycles. The number of fused-ring (bicyclic) bond motifs is 1. The first-order valence-corrected chi connectivity index (χ1v) is 7.02. The number of ether oxygens (including phenoxy) is 1. The van der Waals surface area contributed by atoms with E-state index in [0.29, 0.717) is 18.5 Å². The van der Waals surface area contributed by atoms with Gasteiger partial charge in [-0.15, -0.1) is 0 Å². The minimum atomic E-state index is -0.478. The smallest absolute Gasteiger partial charge is 0.328 e. The number of likely N-dealkylation sites (tertiary alicyclic amines) is 1. The third-order valence-corrected chi connectivity index (χ3v) is 3.93. The number of esters is 1. The molecule has 1 aromatic heterocycles. The Balaban J connectivity index is 1.89. The lowest BCUT2D eigenvalue weighted by Gasteiger charge is -2.33. The molecule has 0 radical (unpaired) electrons. The molecule has 21 heavy (non-hydrogen) atoms. The van der Waals surface area contributed by atoms with Crippen LogP contribution in [0.25, 0.3) is 10.9 Å². The van der Waals surface area contributed by atoms with Gasteiger partial charge >= 0.3 is 5.97 Å². The van der Waals surface area contributed by atoms with Gasteiger partial charge in [0, 0.05) is 17.5 Å². The Morgan fingerprint density at radius 1 is 1.38 bits per heavy atom. The van der Waals surface area contributed by atoms with Gasteiger partial charge < -0.3 is 9.64 Å². The normalized spacial score (nSPS) is 18.7. The SMILES string of the molecule is COC(=O)[C@H]1CCCCN1C(=O)c1ccc2cn[nH]c2c1. The lowest BCUT2D eigenvalue weighted by atomic mass is 10.0. The largest absolute Gasteiger partial charge is 0.467 e. The monoisotopic (exact) mass is 287 g/mol. The lowest BCUT2D eigenvalue weighted by molar-refractivity contribution is -0.147. The molecule has 6 nitrogen and oxygen atoms in total. The number of carbonyl (C=O) groups is 2. The van der Waals surface area contributed by atoms with E-state index in [1.165, 1.54) is 7.11 Å². The molecule has 0 spiro atoms. The van der Waals surface area contributed by atoms with Crippen LogP contribution >= 0.6 is 0 Å². The summed E-state index contributed by atoms with van der Waals surface area (Å²) in [6.45, 7) is 0.583. The van der Waals surface area contributed by atoms with Crippen molar-refractivity contribution in [3.8, 4) is 0 Å². The third-order valence-electron chi connectivity index (χ3n) is 3.93. The van der Waals surface area contributed by atoms with Gasteiger partial charge in [-0.2, -0.15) is 5.10 Å². The van der Waals surface area contributed by atoms with Crippen molar-refractivity contribution in [2.24, 2.45) is 0 Å². The van der Waals surface area contributed by atoms with Gasteiger partial charge in [0.05, 0.1) is 18.8 Å². The summed E-state index contributed by atoms with van der Waals surface area (Å²) in [6, 6.07) is 4.91. The number of nitrogens with zero attached hydrogens (tertiary/aromatic N) is 2. The first-order valence-electron chi connectivity index (χ1n) is 7.02. The Hall–Kier alpha value is -2.37. The molecule has 0 unspecified atom stereocenters. The zero-order valence-corrected chi connectivity index (χ0v) is 11.8. The molecule has 1 N–H and O–H groups in total. The van der Waals surface area contributed by atoms with Crippen LogP contribution in [0.5, 0.6) is 0 Å². The predicted octanol–water partition coefficient (Wildman–Crippen LogP) is 1.73. The fraction of sp³-hybridized carbons (Fsp3) is 0.400. The number of amides is 1. The maximum atomic E-state index is 12.7. The second-order valence-electron chi connectivity index (χ2n) is 5.21. The summed E-state index contributed by atoms with van der Waals surface area (Å²) in [5, 5.41) is 7.75. The first kappa shape index (κ1) is 13.6. The molecule has 1 aromatic carbocycles. The van der Waals surface area contributed by atoms with Gasteiger partial charge in [0.1, 0.15) is 6.04 Å². The van der Waals surface area contributed by atoms with E-state index in [0.717, 1.165) is 23.7 Å². The number of H-pyrrole nitrogens is 1. The molecule has 6 heteroatoms. The zero-order chi connectivity index (χ0) is 14.8. The second kappa shape index (κ2) is 5.55. The van der Waals surface area contributed by atoms with Crippen LogP contribution in [0, 0.1) is 0 Å². The molecule has 0 bridgehead atoms. The van der Waals surface area contributed by atoms with E-state index in [1.54, 1.807) is 23.2 Å². The van der Waals surface area contributed by atoms with Gasteiger partial charge in [0.15, 0.2) is 0 Å². The minimum absolute atomic E-state index is 0.137. The molecule has 1 fully saturated rings. The molecular formula is C15H17N3O3. The number of rotatable bonds is 2. The lowest BCUT2D eigenvalue weighted by Crippen LogP contribution is -2.48.